The van der Waals surface area contributed by atoms with Gasteiger partial charge in [0.25, 0.3) is 0 Å². The van der Waals surface area contributed by atoms with Gasteiger partial charge in [-0.05, 0) is 25.1 Å². The highest BCUT2D eigenvalue weighted by atomic mass is 14.8. The van der Waals surface area contributed by atoms with Gasteiger partial charge in [-0.15, -0.1) is 0 Å². The molecule has 0 atom stereocenters. The van der Waals surface area contributed by atoms with E-state index >= 15 is 0 Å². The van der Waals surface area contributed by atoms with Crippen molar-refractivity contribution in [3.8, 4) is 0 Å². The number of pyridine rings is 1. The monoisotopic (exact) mass is 132 g/mol. The molecule has 0 fully saturated rings. The minimum Gasteiger partial charge on any atom is -0.346 e. The van der Waals surface area contributed by atoms with Crippen molar-refractivity contribution in [2.75, 3.05) is 0 Å². The number of rotatable bonds is 0. The zero-order valence-corrected chi connectivity index (χ0v) is 5.76. The Morgan fingerprint density at radius 2 is 2.20 bits per heavy atom. The van der Waals surface area contributed by atoms with Crippen molar-refractivity contribution in [2.45, 2.75) is 6.92 Å². The Labute approximate surface area is 58.9 Å². The second-order valence-corrected chi connectivity index (χ2v) is 2.37. The molecule has 2 aromatic heterocycles. The summed E-state index contributed by atoms with van der Waals surface area (Å²) in [6.07, 6.45) is 1.90. The Balaban J connectivity index is 2.86. The van der Waals surface area contributed by atoms with Crippen LogP contribution in [-0.2, 0) is 0 Å². The Morgan fingerprint density at radius 1 is 1.30 bits per heavy atom. The van der Waals surface area contributed by atoms with Gasteiger partial charge in [-0.3, -0.25) is 0 Å². The molecule has 0 bridgehead atoms. The molecule has 10 heavy (non-hydrogen) atoms. The summed E-state index contributed by atoms with van der Waals surface area (Å²) in [7, 11) is 0. The lowest BCUT2D eigenvalue weighted by Crippen LogP contribution is -1.79. The molecule has 2 rings (SSSR count). The average molecular weight is 132 g/mol. The third-order valence-electron chi connectivity index (χ3n) is 1.55. The van der Waals surface area contributed by atoms with Gasteiger partial charge in [-0.1, -0.05) is 0 Å². The molecule has 2 heteroatoms. The number of nitrogens with one attached hydrogen (secondary N) is 1. The van der Waals surface area contributed by atoms with E-state index in [0.717, 1.165) is 11.3 Å². The Morgan fingerprint density at radius 3 is 3.10 bits per heavy atom. The van der Waals surface area contributed by atoms with Gasteiger partial charge in [0, 0.05) is 17.3 Å². The van der Waals surface area contributed by atoms with Crippen LogP contribution >= 0.6 is 0 Å². The van der Waals surface area contributed by atoms with E-state index in [2.05, 4.69) is 16.0 Å². The molecule has 0 aromatic carbocycles. The summed E-state index contributed by atoms with van der Waals surface area (Å²) in [5, 5.41) is 1.17. The fraction of sp³-hybridized carbons (Fsp3) is 0.125. The van der Waals surface area contributed by atoms with E-state index in [-0.39, 0.29) is 0 Å². The molecule has 0 amide bonds. The summed E-state index contributed by atoms with van der Waals surface area (Å²) in [5.41, 5.74) is 2.02. The average Bonchev–Trinajstić information content (AvgIpc) is 2.33. The zero-order valence-electron chi connectivity index (χ0n) is 5.76. The maximum absolute atomic E-state index is 4.28. The quantitative estimate of drug-likeness (QED) is 0.582. The molecule has 0 saturated carbocycles. The van der Waals surface area contributed by atoms with E-state index in [4.69, 9.17) is 0 Å². The van der Waals surface area contributed by atoms with Crippen LogP contribution in [0.4, 0.5) is 0 Å². The molecule has 0 radical (unpaired) electrons. The van der Waals surface area contributed by atoms with Gasteiger partial charge in [0.1, 0.15) is 5.65 Å². The Kier molecular flexibility index (Phi) is 1.01. The van der Waals surface area contributed by atoms with Crippen LogP contribution in [0.2, 0.25) is 0 Å². The van der Waals surface area contributed by atoms with Crippen molar-refractivity contribution < 1.29 is 0 Å². The summed E-state index contributed by atoms with van der Waals surface area (Å²) >= 11 is 0. The molecular formula is C8H8N2. The minimum atomic E-state index is 0.972. The highest BCUT2D eigenvalue weighted by molar-refractivity contribution is 5.75. The predicted octanol–water partition coefficient (Wildman–Crippen LogP) is 1.87. The van der Waals surface area contributed by atoms with Crippen molar-refractivity contribution in [1.29, 1.82) is 0 Å². The largest absolute Gasteiger partial charge is 0.346 e. The molecule has 0 aliphatic carbocycles. The first kappa shape index (κ1) is 5.47. The summed E-state index contributed by atoms with van der Waals surface area (Å²) in [6, 6.07) is 6.09. The standard InChI is InChI=1S/C8H8N2/c1-6-2-3-7-4-5-9-8(7)10-6/h2-5H,1H3,(H,9,10). The normalized spacial score (nSPS) is 10.5. The molecule has 0 spiro atoms. The zero-order chi connectivity index (χ0) is 6.97. The molecule has 0 aliphatic heterocycles. The lowest BCUT2D eigenvalue weighted by Gasteiger charge is -1.89. The minimum absolute atomic E-state index is 0.972. The lowest BCUT2D eigenvalue weighted by atomic mass is 10.3. The van der Waals surface area contributed by atoms with E-state index in [1.54, 1.807) is 0 Å². The number of hydrogen-bond donors (Lipinski definition) is 1. The van der Waals surface area contributed by atoms with Crippen LogP contribution in [0.5, 0.6) is 0 Å². The topological polar surface area (TPSA) is 28.7 Å². The molecule has 0 saturated heterocycles. The van der Waals surface area contributed by atoms with E-state index in [0.29, 0.717) is 0 Å². The molecule has 0 aliphatic rings. The fourth-order valence-corrected chi connectivity index (χ4v) is 1.03. The van der Waals surface area contributed by atoms with Crippen LogP contribution in [0.15, 0.2) is 24.4 Å². The summed E-state index contributed by atoms with van der Waals surface area (Å²) in [6.45, 7) is 1.99. The Hall–Kier alpha value is -1.31. The maximum Gasteiger partial charge on any atom is 0.137 e. The highest BCUT2D eigenvalue weighted by Crippen LogP contribution is 2.08. The first-order chi connectivity index (χ1) is 4.86. The van der Waals surface area contributed by atoms with Gasteiger partial charge >= 0.3 is 0 Å². The van der Waals surface area contributed by atoms with Crippen molar-refractivity contribution in [2.24, 2.45) is 0 Å². The SMILES string of the molecule is Cc1ccc2cc[nH]c2n1. The van der Waals surface area contributed by atoms with Crippen molar-refractivity contribution >= 4 is 11.0 Å². The van der Waals surface area contributed by atoms with E-state index < -0.39 is 0 Å². The van der Waals surface area contributed by atoms with Crippen LogP contribution < -0.4 is 0 Å². The van der Waals surface area contributed by atoms with Crippen molar-refractivity contribution in [3.63, 3.8) is 0 Å². The lowest BCUT2D eigenvalue weighted by molar-refractivity contribution is 1.22. The van der Waals surface area contributed by atoms with E-state index in [1.807, 2.05) is 25.3 Å². The van der Waals surface area contributed by atoms with Crippen LogP contribution in [0.1, 0.15) is 5.69 Å². The first-order valence-electron chi connectivity index (χ1n) is 3.27. The number of nitrogens with zero attached hydrogens (tertiary/aromatic N) is 1. The molecular weight excluding hydrogens is 124 g/mol. The number of fused-ring (bicyclic) bond motifs is 1. The van der Waals surface area contributed by atoms with E-state index in [9.17, 15) is 0 Å². The summed E-state index contributed by atoms with van der Waals surface area (Å²) < 4.78 is 0. The Bertz CT molecular complexity index is 349. The highest BCUT2D eigenvalue weighted by Gasteiger charge is 1.92. The summed E-state index contributed by atoms with van der Waals surface area (Å²) in [5.74, 6) is 0. The van der Waals surface area contributed by atoms with Gasteiger partial charge in [-0.25, -0.2) is 4.98 Å². The molecule has 0 unspecified atom stereocenters. The molecule has 50 valence electrons. The van der Waals surface area contributed by atoms with Crippen LogP contribution in [0.3, 0.4) is 0 Å². The molecule has 2 nitrogen and oxygen atoms in total. The second kappa shape index (κ2) is 1.84. The first-order valence-corrected chi connectivity index (χ1v) is 3.27. The number of aromatic nitrogens is 2. The van der Waals surface area contributed by atoms with Crippen molar-refractivity contribution in [3.05, 3.63) is 30.1 Å². The smallest absolute Gasteiger partial charge is 0.137 e. The van der Waals surface area contributed by atoms with E-state index in [1.165, 1.54) is 5.39 Å². The number of aromatic amines is 1. The van der Waals surface area contributed by atoms with Crippen LogP contribution in [0, 0.1) is 6.92 Å². The second-order valence-electron chi connectivity index (χ2n) is 2.37. The number of H-pyrrole nitrogens is 1. The van der Waals surface area contributed by atoms with Gasteiger partial charge in [0.2, 0.25) is 0 Å². The van der Waals surface area contributed by atoms with Gasteiger partial charge in [0.15, 0.2) is 0 Å². The molecule has 2 heterocycles. The van der Waals surface area contributed by atoms with Crippen LogP contribution in [0.25, 0.3) is 11.0 Å². The fourth-order valence-electron chi connectivity index (χ4n) is 1.03. The maximum atomic E-state index is 4.28. The van der Waals surface area contributed by atoms with Gasteiger partial charge < -0.3 is 4.98 Å². The third-order valence-corrected chi connectivity index (χ3v) is 1.55. The molecule has 1 N–H and O–H groups in total. The number of aryl methyl sites for hydroxylation is 1. The third kappa shape index (κ3) is 0.692. The van der Waals surface area contributed by atoms with Crippen LogP contribution in [-0.4, -0.2) is 9.97 Å². The van der Waals surface area contributed by atoms with Gasteiger partial charge in [-0.2, -0.15) is 0 Å². The molecule has 2 aromatic rings. The predicted molar refractivity (Wildman–Crippen MR) is 40.8 cm³/mol. The summed E-state index contributed by atoms with van der Waals surface area (Å²) in [4.78, 5) is 7.33. The van der Waals surface area contributed by atoms with Gasteiger partial charge in [0.05, 0.1) is 0 Å². The number of hydrogen-bond acceptors (Lipinski definition) is 1. The van der Waals surface area contributed by atoms with Crippen molar-refractivity contribution in [1.82, 2.24) is 9.97 Å².